The first-order valence-electron chi connectivity index (χ1n) is 7.09. The van der Waals surface area contributed by atoms with E-state index in [2.05, 4.69) is 5.32 Å². The fourth-order valence-electron chi connectivity index (χ4n) is 2.26. The van der Waals surface area contributed by atoms with Gasteiger partial charge in [0.15, 0.2) is 11.5 Å². The van der Waals surface area contributed by atoms with Gasteiger partial charge in [-0.1, -0.05) is 12.1 Å². The smallest absolute Gasteiger partial charge is 0.282 e. The second kappa shape index (κ2) is 6.35. The molecule has 0 spiro atoms. The number of nitrogens with zero attached hydrogens (tertiary/aromatic N) is 1. The number of hydrogen-bond donors (Lipinski definition) is 1. The molecule has 1 aliphatic heterocycles. The number of hydrogen-bond acceptors (Lipinski definition) is 5. The molecule has 7 heteroatoms. The molecule has 1 N–H and O–H groups in total. The molecular formula is C16H14N2O5. The summed E-state index contributed by atoms with van der Waals surface area (Å²) in [5.74, 6) is 0.612. The summed E-state index contributed by atoms with van der Waals surface area (Å²) in [4.78, 5) is 22.7. The van der Waals surface area contributed by atoms with Crippen molar-refractivity contribution in [3.05, 3.63) is 58.1 Å². The van der Waals surface area contributed by atoms with Gasteiger partial charge in [0.25, 0.3) is 11.6 Å². The average molecular weight is 314 g/mol. The van der Waals surface area contributed by atoms with Crippen LogP contribution >= 0.6 is 0 Å². The van der Waals surface area contributed by atoms with Crippen molar-refractivity contribution < 1.29 is 19.2 Å². The molecule has 0 unspecified atom stereocenters. The van der Waals surface area contributed by atoms with Crippen molar-refractivity contribution in [3.63, 3.8) is 0 Å². The Kier molecular flexibility index (Phi) is 4.09. The zero-order valence-electron chi connectivity index (χ0n) is 12.2. The zero-order chi connectivity index (χ0) is 16.2. The van der Waals surface area contributed by atoms with E-state index in [0.717, 1.165) is 6.42 Å². The van der Waals surface area contributed by atoms with Crippen LogP contribution in [0, 0.1) is 10.1 Å². The molecule has 2 aromatic carbocycles. The summed E-state index contributed by atoms with van der Waals surface area (Å²) in [6, 6.07) is 10.8. The molecule has 0 saturated carbocycles. The summed E-state index contributed by atoms with van der Waals surface area (Å²) in [6.45, 7) is 1.11. The molecule has 23 heavy (non-hydrogen) atoms. The number of amides is 1. The van der Waals surface area contributed by atoms with E-state index in [-0.39, 0.29) is 11.3 Å². The molecule has 1 amide bonds. The maximum Gasteiger partial charge on any atom is 0.282 e. The second-order valence-electron chi connectivity index (χ2n) is 4.94. The van der Waals surface area contributed by atoms with Gasteiger partial charge in [0.2, 0.25) is 0 Å². The molecule has 0 aromatic heterocycles. The molecule has 0 bridgehead atoms. The van der Waals surface area contributed by atoms with Crippen LogP contribution in [0.5, 0.6) is 11.5 Å². The van der Waals surface area contributed by atoms with Gasteiger partial charge < -0.3 is 14.8 Å². The molecule has 7 nitrogen and oxygen atoms in total. The van der Waals surface area contributed by atoms with Crippen molar-refractivity contribution in [3.8, 4) is 11.5 Å². The Balaban J connectivity index is 1.84. The number of para-hydroxylation sites is 1. The predicted molar refractivity (Wildman–Crippen MR) is 83.1 cm³/mol. The first-order chi connectivity index (χ1) is 11.1. The Labute approximate surface area is 132 Å². The highest BCUT2D eigenvalue weighted by Gasteiger charge is 2.20. The van der Waals surface area contributed by atoms with E-state index < -0.39 is 10.8 Å². The van der Waals surface area contributed by atoms with Gasteiger partial charge in [-0.3, -0.25) is 14.9 Å². The molecule has 0 saturated heterocycles. The third kappa shape index (κ3) is 3.23. The highest BCUT2D eigenvalue weighted by atomic mass is 16.6. The van der Waals surface area contributed by atoms with Gasteiger partial charge in [-0.15, -0.1) is 0 Å². The molecule has 0 atom stereocenters. The highest BCUT2D eigenvalue weighted by molar-refractivity contribution is 6.07. The molecule has 0 aliphatic carbocycles. The summed E-state index contributed by atoms with van der Waals surface area (Å²) in [5, 5.41) is 13.6. The van der Waals surface area contributed by atoms with Crippen molar-refractivity contribution in [2.75, 3.05) is 18.5 Å². The summed E-state index contributed by atoms with van der Waals surface area (Å²) in [5.41, 5.74) is 0.251. The van der Waals surface area contributed by atoms with Gasteiger partial charge in [-0.25, -0.2) is 0 Å². The predicted octanol–water partition coefficient (Wildman–Crippen LogP) is 3.01. The number of anilines is 1. The fraction of sp³-hybridized carbons (Fsp3) is 0.188. The van der Waals surface area contributed by atoms with Crippen LogP contribution in [0.25, 0.3) is 0 Å². The molecule has 118 valence electrons. The van der Waals surface area contributed by atoms with E-state index in [9.17, 15) is 14.9 Å². The quantitative estimate of drug-likeness (QED) is 0.694. The maximum atomic E-state index is 12.3. The van der Waals surface area contributed by atoms with Gasteiger partial charge in [-0.05, 0) is 18.2 Å². The number of benzene rings is 2. The number of rotatable bonds is 3. The molecule has 3 rings (SSSR count). The van der Waals surface area contributed by atoms with Crippen molar-refractivity contribution in [2.24, 2.45) is 0 Å². The lowest BCUT2D eigenvalue weighted by Gasteiger charge is -2.10. The lowest BCUT2D eigenvalue weighted by atomic mass is 10.1. The first-order valence-corrected chi connectivity index (χ1v) is 7.09. The Morgan fingerprint density at radius 1 is 1.09 bits per heavy atom. The average Bonchev–Trinajstić information content (AvgIpc) is 2.79. The van der Waals surface area contributed by atoms with Crippen LogP contribution in [-0.4, -0.2) is 24.0 Å². The Hall–Kier alpha value is -3.09. The lowest BCUT2D eigenvalue weighted by Crippen LogP contribution is -2.14. The lowest BCUT2D eigenvalue weighted by molar-refractivity contribution is -0.385. The second-order valence-corrected chi connectivity index (χ2v) is 4.94. The number of carbonyl (C=O) groups excluding carboxylic acids is 1. The number of ether oxygens (including phenoxy) is 2. The van der Waals surface area contributed by atoms with Crippen molar-refractivity contribution in [1.29, 1.82) is 0 Å². The van der Waals surface area contributed by atoms with Crippen LogP contribution in [0.15, 0.2) is 42.5 Å². The summed E-state index contributed by atoms with van der Waals surface area (Å²) in [6.07, 6.45) is 0.784. The topological polar surface area (TPSA) is 90.7 Å². The van der Waals surface area contributed by atoms with E-state index >= 15 is 0 Å². The van der Waals surface area contributed by atoms with E-state index in [1.807, 2.05) is 0 Å². The highest BCUT2D eigenvalue weighted by Crippen LogP contribution is 2.32. The minimum Gasteiger partial charge on any atom is -0.490 e. The van der Waals surface area contributed by atoms with Crippen LogP contribution in [0.3, 0.4) is 0 Å². The largest absolute Gasteiger partial charge is 0.490 e. The van der Waals surface area contributed by atoms with Gasteiger partial charge >= 0.3 is 0 Å². The van der Waals surface area contributed by atoms with Gasteiger partial charge in [0.1, 0.15) is 5.56 Å². The minimum absolute atomic E-state index is 0.00427. The number of carbonyl (C=O) groups is 1. The van der Waals surface area contributed by atoms with E-state index in [4.69, 9.17) is 9.47 Å². The molecule has 2 aromatic rings. The van der Waals surface area contributed by atoms with Crippen molar-refractivity contribution in [1.82, 2.24) is 0 Å². The SMILES string of the molecule is O=C(Nc1ccc2c(c1)OCCCO2)c1ccccc1[N+](=O)[O-]. The summed E-state index contributed by atoms with van der Waals surface area (Å²) < 4.78 is 11.1. The number of nitro groups is 1. The first kappa shape index (κ1) is 14.8. The van der Waals surface area contributed by atoms with Crippen LogP contribution in [0.1, 0.15) is 16.8 Å². The zero-order valence-corrected chi connectivity index (χ0v) is 12.2. The summed E-state index contributed by atoms with van der Waals surface area (Å²) >= 11 is 0. The Morgan fingerprint density at radius 3 is 2.61 bits per heavy atom. The maximum absolute atomic E-state index is 12.3. The van der Waals surface area contributed by atoms with Crippen LogP contribution in [-0.2, 0) is 0 Å². The molecule has 0 fully saturated rings. The monoisotopic (exact) mass is 314 g/mol. The van der Waals surface area contributed by atoms with Crippen LogP contribution < -0.4 is 14.8 Å². The molecule has 1 heterocycles. The van der Waals surface area contributed by atoms with Crippen LogP contribution in [0.2, 0.25) is 0 Å². The molecular weight excluding hydrogens is 300 g/mol. The van der Waals surface area contributed by atoms with E-state index in [0.29, 0.717) is 30.4 Å². The third-order valence-corrected chi connectivity index (χ3v) is 3.35. The fourth-order valence-corrected chi connectivity index (χ4v) is 2.26. The Bertz CT molecular complexity index is 760. The van der Waals surface area contributed by atoms with Crippen LogP contribution in [0.4, 0.5) is 11.4 Å². The normalized spacial score (nSPS) is 13.0. The van der Waals surface area contributed by atoms with E-state index in [1.165, 1.54) is 18.2 Å². The number of fused-ring (bicyclic) bond motifs is 1. The van der Waals surface area contributed by atoms with Crippen molar-refractivity contribution in [2.45, 2.75) is 6.42 Å². The standard InChI is InChI=1S/C16H14N2O5/c19-16(12-4-1-2-5-13(12)18(20)21)17-11-6-7-14-15(10-11)23-9-3-8-22-14/h1-2,4-7,10H,3,8-9H2,(H,17,19). The number of nitro benzene ring substituents is 1. The molecule has 0 radical (unpaired) electrons. The van der Waals surface area contributed by atoms with Gasteiger partial charge in [0, 0.05) is 24.2 Å². The summed E-state index contributed by atoms with van der Waals surface area (Å²) in [7, 11) is 0. The van der Waals surface area contributed by atoms with E-state index in [1.54, 1.807) is 24.3 Å². The minimum atomic E-state index is -0.580. The number of nitrogens with one attached hydrogen (secondary N) is 1. The van der Waals surface area contributed by atoms with Crippen molar-refractivity contribution >= 4 is 17.3 Å². The third-order valence-electron chi connectivity index (χ3n) is 3.35. The molecule has 1 aliphatic rings. The van der Waals surface area contributed by atoms with Gasteiger partial charge in [0.05, 0.1) is 18.1 Å². The van der Waals surface area contributed by atoms with Gasteiger partial charge in [-0.2, -0.15) is 0 Å². The Morgan fingerprint density at radius 2 is 1.83 bits per heavy atom.